The molecule has 27 heavy (non-hydrogen) atoms. The van der Waals surface area contributed by atoms with E-state index in [1.54, 1.807) is 0 Å². The molecule has 0 saturated heterocycles. The number of H-pyrrole nitrogens is 1. The molecule has 3 heterocycles. The lowest BCUT2D eigenvalue weighted by Gasteiger charge is -2.41. The third-order valence-electron chi connectivity index (χ3n) is 4.84. The predicted octanol–water partition coefficient (Wildman–Crippen LogP) is 3.28. The Balaban J connectivity index is 2.04. The van der Waals surface area contributed by atoms with Gasteiger partial charge in [-0.2, -0.15) is 5.10 Å². The SMILES string of the molecule is CCc1[nH]nc(C(=O)Nc2sc3c(c2C(N)=O)CC(C)(C)OC3(C)C)c1C. The van der Waals surface area contributed by atoms with Crippen LogP contribution in [0.15, 0.2) is 0 Å². The number of aryl methyl sites for hydroxylation is 1. The number of nitrogens with zero attached hydrogens (tertiary/aromatic N) is 1. The van der Waals surface area contributed by atoms with E-state index in [1.807, 2.05) is 41.5 Å². The minimum atomic E-state index is -0.577. The Morgan fingerprint density at radius 3 is 2.56 bits per heavy atom. The quantitative estimate of drug-likeness (QED) is 0.744. The molecule has 0 bridgehead atoms. The second-order valence-corrected chi connectivity index (χ2v) is 9.03. The number of rotatable bonds is 4. The van der Waals surface area contributed by atoms with Crippen molar-refractivity contribution in [2.24, 2.45) is 5.73 Å². The molecule has 1 aliphatic rings. The number of amides is 2. The van der Waals surface area contributed by atoms with E-state index in [0.717, 1.165) is 28.1 Å². The van der Waals surface area contributed by atoms with Crippen molar-refractivity contribution in [2.75, 3.05) is 5.32 Å². The molecule has 3 rings (SSSR count). The van der Waals surface area contributed by atoms with Gasteiger partial charge in [0, 0.05) is 22.6 Å². The zero-order valence-electron chi connectivity index (χ0n) is 16.6. The van der Waals surface area contributed by atoms with Gasteiger partial charge >= 0.3 is 0 Å². The lowest BCUT2D eigenvalue weighted by atomic mass is 9.86. The van der Waals surface area contributed by atoms with Gasteiger partial charge in [0.2, 0.25) is 0 Å². The summed E-state index contributed by atoms with van der Waals surface area (Å²) in [4.78, 5) is 25.9. The van der Waals surface area contributed by atoms with Crippen molar-refractivity contribution in [3.8, 4) is 0 Å². The topological polar surface area (TPSA) is 110 Å². The Hall–Kier alpha value is -2.19. The summed E-state index contributed by atoms with van der Waals surface area (Å²) in [5, 5.41) is 10.3. The third kappa shape index (κ3) is 3.39. The van der Waals surface area contributed by atoms with Crippen LogP contribution in [0.2, 0.25) is 0 Å². The third-order valence-corrected chi connectivity index (χ3v) is 6.29. The van der Waals surface area contributed by atoms with Gasteiger partial charge in [-0.05, 0) is 46.6 Å². The number of carbonyl (C=O) groups excluding carboxylic acids is 2. The molecule has 1 aliphatic heterocycles. The van der Waals surface area contributed by atoms with E-state index in [1.165, 1.54) is 11.3 Å². The van der Waals surface area contributed by atoms with Crippen LogP contribution in [0.4, 0.5) is 5.00 Å². The van der Waals surface area contributed by atoms with E-state index in [9.17, 15) is 9.59 Å². The van der Waals surface area contributed by atoms with E-state index < -0.39 is 17.1 Å². The molecular formula is C19H26N4O3S. The second-order valence-electron chi connectivity index (χ2n) is 8.01. The van der Waals surface area contributed by atoms with Crippen molar-refractivity contribution in [3.05, 3.63) is 33.0 Å². The number of aromatic nitrogens is 2. The van der Waals surface area contributed by atoms with Crippen LogP contribution in [0.25, 0.3) is 0 Å². The van der Waals surface area contributed by atoms with Gasteiger partial charge in [-0.15, -0.1) is 11.3 Å². The van der Waals surface area contributed by atoms with Gasteiger partial charge in [0.05, 0.1) is 16.8 Å². The van der Waals surface area contributed by atoms with Gasteiger partial charge < -0.3 is 15.8 Å². The molecule has 2 amide bonds. The predicted molar refractivity (Wildman–Crippen MR) is 105 cm³/mol. The largest absolute Gasteiger partial charge is 0.365 e. The van der Waals surface area contributed by atoms with Crippen LogP contribution in [0, 0.1) is 6.92 Å². The van der Waals surface area contributed by atoms with E-state index in [2.05, 4.69) is 15.5 Å². The number of hydrogen-bond donors (Lipinski definition) is 3. The molecule has 7 nitrogen and oxygen atoms in total. The summed E-state index contributed by atoms with van der Waals surface area (Å²) in [6.45, 7) is 11.7. The summed E-state index contributed by atoms with van der Waals surface area (Å²) < 4.78 is 6.19. The molecule has 0 radical (unpaired) electrons. The number of nitrogens with two attached hydrogens (primary N) is 1. The van der Waals surface area contributed by atoms with Crippen molar-refractivity contribution in [2.45, 2.75) is 65.6 Å². The first-order valence-corrected chi connectivity index (χ1v) is 9.79. The van der Waals surface area contributed by atoms with Crippen LogP contribution in [-0.2, 0) is 23.2 Å². The monoisotopic (exact) mass is 390 g/mol. The van der Waals surface area contributed by atoms with E-state index >= 15 is 0 Å². The average molecular weight is 391 g/mol. The Morgan fingerprint density at radius 2 is 2.00 bits per heavy atom. The first-order chi connectivity index (χ1) is 12.5. The van der Waals surface area contributed by atoms with Gasteiger partial charge in [0.1, 0.15) is 5.00 Å². The smallest absolute Gasteiger partial charge is 0.277 e. The summed E-state index contributed by atoms with van der Waals surface area (Å²) in [6.07, 6.45) is 1.31. The summed E-state index contributed by atoms with van der Waals surface area (Å²) in [6, 6.07) is 0. The molecule has 4 N–H and O–H groups in total. The molecule has 0 aromatic carbocycles. The highest BCUT2D eigenvalue weighted by Crippen LogP contribution is 2.48. The van der Waals surface area contributed by atoms with Gasteiger partial charge in [-0.25, -0.2) is 0 Å². The number of fused-ring (bicyclic) bond motifs is 1. The van der Waals surface area contributed by atoms with Gasteiger partial charge in [0.25, 0.3) is 11.8 Å². The molecular weight excluding hydrogens is 364 g/mol. The molecule has 0 atom stereocenters. The summed E-state index contributed by atoms with van der Waals surface area (Å²) >= 11 is 1.34. The number of carbonyl (C=O) groups is 2. The number of anilines is 1. The fourth-order valence-corrected chi connectivity index (χ4v) is 5.09. The molecule has 2 aromatic rings. The van der Waals surface area contributed by atoms with Crippen LogP contribution < -0.4 is 11.1 Å². The van der Waals surface area contributed by atoms with Gasteiger partial charge in [0.15, 0.2) is 5.69 Å². The maximum atomic E-state index is 12.8. The van der Waals surface area contributed by atoms with E-state index in [-0.39, 0.29) is 5.91 Å². The number of hydrogen-bond acceptors (Lipinski definition) is 5. The minimum Gasteiger partial charge on any atom is -0.365 e. The van der Waals surface area contributed by atoms with Crippen LogP contribution in [0.5, 0.6) is 0 Å². The highest BCUT2D eigenvalue weighted by Gasteiger charge is 2.43. The standard InChI is InChI=1S/C19H26N4O3S/c1-7-11-9(2)13(23-22-11)16(25)21-17-12(15(20)24)10-8-18(3,4)26-19(5,6)14(10)27-17/h7-8H2,1-6H3,(H2,20,24)(H,21,25)(H,22,23). The Bertz CT molecular complexity index is 924. The fraction of sp³-hybridized carbons (Fsp3) is 0.526. The number of aromatic amines is 1. The first-order valence-electron chi connectivity index (χ1n) is 8.98. The molecule has 0 unspecified atom stereocenters. The molecule has 0 aliphatic carbocycles. The Labute approximate surface area is 162 Å². The summed E-state index contributed by atoms with van der Waals surface area (Å²) in [7, 11) is 0. The van der Waals surface area contributed by atoms with Crippen LogP contribution in [-0.4, -0.2) is 27.6 Å². The Morgan fingerprint density at radius 1 is 1.33 bits per heavy atom. The number of ether oxygens (including phenoxy) is 1. The van der Waals surface area contributed by atoms with Crippen LogP contribution >= 0.6 is 11.3 Å². The van der Waals surface area contributed by atoms with Gasteiger partial charge in [-0.3, -0.25) is 14.7 Å². The van der Waals surface area contributed by atoms with Crippen molar-refractivity contribution in [3.63, 3.8) is 0 Å². The molecule has 0 spiro atoms. The average Bonchev–Trinajstić information content (AvgIpc) is 3.06. The van der Waals surface area contributed by atoms with E-state index in [0.29, 0.717) is 22.7 Å². The summed E-state index contributed by atoms with van der Waals surface area (Å²) in [5.74, 6) is -0.910. The summed E-state index contributed by atoms with van der Waals surface area (Å²) in [5.41, 5.74) is 7.95. The number of nitrogens with one attached hydrogen (secondary N) is 2. The lowest BCUT2D eigenvalue weighted by molar-refractivity contribution is -0.135. The van der Waals surface area contributed by atoms with Crippen molar-refractivity contribution < 1.29 is 14.3 Å². The Kier molecular flexibility index (Phi) is 4.68. The molecule has 2 aromatic heterocycles. The van der Waals surface area contributed by atoms with Crippen molar-refractivity contribution >= 4 is 28.2 Å². The molecule has 146 valence electrons. The normalized spacial score (nSPS) is 17.4. The zero-order valence-corrected chi connectivity index (χ0v) is 17.4. The maximum absolute atomic E-state index is 12.8. The number of primary amides is 1. The van der Waals surface area contributed by atoms with Crippen molar-refractivity contribution in [1.82, 2.24) is 10.2 Å². The van der Waals surface area contributed by atoms with Crippen molar-refractivity contribution in [1.29, 1.82) is 0 Å². The zero-order chi connectivity index (χ0) is 20.1. The number of thiophene rings is 1. The van der Waals surface area contributed by atoms with Gasteiger partial charge in [-0.1, -0.05) is 6.92 Å². The lowest BCUT2D eigenvalue weighted by Crippen LogP contribution is -2.42. The maximum Gasteiger partial charge on any atom is 0.277 e. The first kappa shape index (κ1) is 19.6. The molecule has 8 heteroatoms. The second kappa shape index (κ2) is 6.45. The minimum absolute atomic E-state index is 0.324. The fourth-order valence-electron chi connectivity index (χ4n) is 3.83. The van der Waals surface area contributed by atoms with Crippen LogP contribution in [0.1, 0.15) is 77.2 Å². The molecule has 0 saturated carbocycles. The highest BCUT2D eigenvalue weighted by atomic mass is 32.1. The van der Waals surface area contributed by atoms with Crippen LogP contribution in [0.3, 0.4) is 0 Å². The van der Waals surface area contributed by atoms with E-state index in [4.69, 9.17) is 10.5 Å². The highest BCUT2D eigenvalue weighted by molar-refractivity contribution is 7.17. The molecule has 0 fully saturated rings.